The van der Waals surface area contributed by atoms with E-state index in [4.69, 9.17) is 10.5 Å². The summed E-state index contributed by atoms with van der Waals surface area (Å²) in [5.74, 6) is 0.718. The van der Waals surface area contributed by atoms with E-state index >= 15 is 0 Å². The van der Waals surface area contributed by atoms with Crippen molar-refractivity contribution in [2.24, 2.45) is 5.73 Å². The second-order valence-corrected chi connectivity index (χ2v) is 4.20. The van der Waals surface area contributed by atoms with E-state index in [2.05, 4.69) is 4.98 Å². The highest BCUT2D eigenvalue weighted by molar-refractivity contribution is 5.96. The van der Waals surface area contributed by atoms with Gasteiger partial charge >= 0.3 is 0 Å². The van der Waals surface area contributed by atoms with Gasteiger partial charge in [-0.2, -0.15) is 0 Å². The summed E-state index contributed by atoms with van der Waals surface area (Å²) in [5.41, 5.74) is 6.22. The number of carbonyl (C=O) groups excluding carboxylic acids is 1. The molecule has 0 aliphatic rings. The zero-order valence-corrected chi connectivity index (χ0v) is 10.5. The standard InChI is InChI=1S/C13H20N2O2/c1-3-6-17-12-7-11(8-15-9-12)13(16)5-4-10(2)14/h7-10H,3-6,14H2,1-2H3. The summed E-state index contributed by atoms with van der Waals surface area (Å²) >= 11 is 0. The topological polar surface area (TPSA) is 65.2 Å². The zero-order valence-electron chi connectivity index (χ0n) is 10.5. The van der Waals surface area contributed by atoms with Gasteiger partial charge in [0.2, 0.25) is 0 Å². The molecule has 94 valence electrons. The fourth-order valence-electron chi connectivity index (χ4n) is 1.37. The summed E-state index contributed by atoms with van der Waals surface area (Å²) in [6.45, 7) is 4.57. The highest BCUT2D eigenvalue weighted by atomic mass is 16.5. The highest BCUT2D eigenvalue weighted by Gasteiger charge is 2.08. The molecule has 0 fully saturated rings. The highest BCUT2D eigenvalue weighted by Crippen LogP contribution is 2.14. The molecule has 0 aliphatic heterocycles. The maximum Gasteiger partial charge on any atom is 0.164 e. The average molecular weight is 236 g/mol. The van der Waals surface area contributed by atoms with E-state index in [0.29, 0.717) is 30.8 Å². The number of nitrogens with zero attached hydrogens (tertiary/aromatic N) is 1. The number of ether oxygens (including phenoxy) is 1. The minimum absolute atomic E-state index is 0.0476. The van der Waals surface area contributed by atoms with Crippen molar-refractivity contribution >= 4 is 5.78 Å². The Morgan fingerprint density at radius 3 is 2.94 bits per heavy atom. The largest absolute Gasteiger partial charge is 0.492 e. The lowest BCUT2D eigenvalue weighted by molar-refractivity contribution is 0.0977. The lowest BCUT2D eigenvalue weighted by Crippen LogP contribution is -2.16. The molecule has 1 aromatic heterocycles. The van der Waals surface area contributed by atoms with Crippen molar-refractivity contribution in [3.63, 3.8) is 0 Å². The van der Waals surface area contributed by atoms with Crippen molar-refractivity contribution in [2.45, 2.75) is 39.2 Å². The monoisotopic (exact) mass is 236 g/mol. The number of ketones is 1. The van der Waals surface area contributed by atoms with Gasteiger partial charge in [-0.1, -0.05) is 6.92 Å². The average Bonchev–Trinajstić information content (AvgIpc) is 2.33. The van der Waals surface area contributed by atoms with Crippen LogP contribution in [0.15, 0.2) is 18.5 Å². The second-order valence-electron chi connectivity index (χ2n) is 4.20. The van der Waals surface area contributed by atoms with Crippen LogP contribution < -0.4 is 10.5 Å². The third-order valence-corrected chi connectivity index (χ3v) is 2.33. The molecule has 0 amide bonds. The summed E-state index contributed by atoms with van der Waals surface area (Å²) in [4.78, 5) is 15.8. The number of hydrogen-bond donors (Lipinski definition) is 1. The maximum atomic E-state index is 11.8. The van der Waals surface area contributed by atoms with E-state index in [1.165, 1.54) is 0 Å². The predicted molar refractivity (Wildman–Crippen MR) is 67.2 cm³/mol. The number of pyridine rings is 1. The first-order valence-corrected chi connectivity index (χ1v) is 6.00. The van der Waals surface area contributed by atoms with Crippen LogP contribution in [-0.4, -0.2) is 23.4 Å². The van der Waals surface area contributed by atoms with Crippen LogP contribution in [0.25, 0.3) is 0 Å². The molecule has 1 rings (SSSR count). The Morgan fingerprint density at radius 1 is 1.53 bits per heavy atom. The number of Topliss-reactive ketones (excluding diaryl/α,β-unsaturated/α-hetero) is 1. The summed E-state index contributed by atoms with van der Waals surface area (Å²) in [6.07, 6.45) is 5.28. The summed E-state index contributed by atoms with van der Waals surface area (Å²) in [5, 5.41) is 0. The molecular formula is C13H20N2O2. The first-order chi connectivity index (χ1) is 8.13. The normalized spacial score (nSPS) is 12.2. The Hall–Kier alpha value is -1.42. The van der Waals surface area contributed by atoms with E-state index < -0.39 is 0 Å². The van der Waals surface area contributed by atoms with Crippen LogP contribution in [0.1, 0.15) is 43.5 Å². The van der Waals surface area contributed by atoms with E-state index in [0.717, 1.165) is 6.42 Å². The minimum Gasteiger partial charge on any atom is -0.492 e. The van der Waals surface area contributed by atoms with Crippen molar-refractivity contribution < 1.29 is 9.53 Å². The van der Waals surface area contributed by atoms with Crippen molar-refractivity contribution in [1.29, 1.82) is 0 Å². The van der Waals surface area contributed by atoms with Gasteiger partial charge in [0.05, 0.1) is 12.8 Å². The van der Waals surface area contributed by atoms with Crippen molar-refractivity contribution in [3.05, 3.63) is 24.0 Å². The zero-order chi connectivity index (χ0) is 12.7. The molecule has 2 N–H and O–H groups in total. The van der Waals surface area contributed by atoms with Gasteiger partial charge in [-0.3, -0.25) is 9.78 Å². The molecule has 0 saturated heterocycles. The Labute approximate surface area is 102 Å². The number of aromatic nitrogens is 1. The van der Waals surface area contributed by atoms with Gasteiger partial charge in [0.25, 0.3) is 0 Å². The van der Waals surface area contributed by atoms with Gasteiger partial charge in [-0.25, -0.2) is 0 Å². The fourth-order valence-corrected chi connectivity index (χ4v) is 1.37. The molecule has 1 aromatic rings. The number of rotatable bonds is 7. The van der Waals surface area contributed by atoms with E-state index in [9.17, 15) is 4.79 Å². The molecule has 1 atom stereocenters. The van der Waals surface area contributed by atoms with E-state index in [-0.39, 0.29) is 11.8 Å². The smallest absolute Gasteiger partial charge is 0.164 e. The quantitative estimate of drug-likeness (QED) is 0.737. The van der Waals surface area contributed by atoms with Gasteiger partial charge in [0.1, 0.15) is 5.75 Å². The van der Waals surface area contributed by atoms with Crippen LogP contribution in [0.4, 0.5) is 0 Å². The molecule has 4 heteroatoms. The molecule has 1 unspecified atom stereocenters. The fraction of sp³-hybridized carbons (Fsp3) is 0.538. The summed E-state index contributed by atoms with van der Waals surface area (Å²) < 4.78 is 5.43. The number of carbonyl (C=O) groups is 1. The molecule has 0 saturated carbocycles. The first-order valence-electron chi connectivity index (χ1n) is 6.00. The third-order valence-electron chi connectivity index (χ3n) is 2.33. The van der Waals surface area contributed by atoms with Crippen molar-refractivity contribution in [1.82, 2.24) is 4.98 Å². The van der Waals surface area contributed by atoms with Crippen LogP contribution in [0.2, 0.25) is 0 Å². The van der Waals surface area contributed by atoms with Crippen molar-refractivity contribution in [2.75, 3.05) is 6.61 Å². The van der Waals surface area contributed by atoms with Crippen molar-refractivity contribution in [3.8, 4) is 5.75 Å². The van der Waals surface area contributed by atoms with Crippen LogP contribution in [-0.2, 0) is 0 Å². The van der Waals surface area contributed by atoms with Gasteiger partial charge in [-0.05, 0) is 25.8 Å². The summed E-state index contributed by atoms with van der Waals surface area (Å²) in [6, 6.07) is 1.79. The summed E-state index contributed by atoms with van der Waals surface area (Å²) in [7, 11) is 0. The Balaban J connectivity index is 2.60. The SMILES string of the molecule is CCCOc1cncc(C(=O)CCC(C)N)c1. The third kappa shape index (κ3) is 4.95. The maximum absolute atomic E-state index is 11.8. The molecule has 4 nitrogen and oxygen atoms in total. The molecule has 0 radical (unpaired) electrons. The predicted octanol–water partition coefficient (Wildman–Crippen LogP) is 2.18. The van der Waals surface area contributed by atoms with Crippen LogP contribution in [0.3, 0.4) is 0 Å². The molecule has 0 aromatic carbocycles. The van der Waals surface area contributed by atoms with Crippen LogP contribution >= 0.6 is 0 Å². The van der Waals surface area contributed by atoms with E-state index in [1.807, 2.05) is 13.8 Å². The van der Waals surface area contributed by atoms with Gasteiger partial charge in [0, 0.05) is 24.2 Å². The molecule has 17 heavy (non-hydrogen) atoms. The molecule has 0 bridgehead atoms. The van der Waals surface area contributed by atoms with Crippen LogP contribution in [0.5, 0.6) is 5.75 Å². The van der Waals surface area contributed by atoms with Gasteiger partial charge in [-0.15, -0.1) is 0 Å². The first kappa shape index (κ1) is 13.6. The molecule has 0 aliphatic carbocycles. The Morgan fingerprint density at radius 2 is 2.29 bits per heavy atom. The lowest BCUT2D eigenvalue weighted by atomic mass is 10.1. The van der Waals surface area contributed by atoms with Gasteiger partial charge < -0.3 is 10.5 Å². The molecule has 1 heterocycles. The minimum atomic E-state index is 0.0476. The van der Waals surface area contributed by atoms with Gasteiger partial charge in [0.15, 0.2) is 5.78 Å². The molecule has 0 spiro atoms. The number of hydrogen-bond acceptors (Lipinski definition) is 4. The van der Waals surface area contributed by atoms with E-state index in [1.54, 1.807) is 18.5 Å². The van der Waals surface area contributed by atoms with Crippen LogP contribution in [0, 0.1) is 0 Å². The lowest BCUT2D eigenvalue weighted by Gasteiger charge is -2.07. The number of nitrogens with two attached hydrogens (primary N) is 1. The second kappa shape index (κ2) is 7.01. The molecular weight excluding hydrogens is 216 g/mol. The Bertz CT molecular complexity index is 364. The Kier molecular flexibility index (Phi) is 5.63.